The van der Waals surface area contributed by atoms with E-state index in [1.807, 2.05) is 55.5 Å². The summed E-state index contributed by atoms with van der Waals surface area (Å²) in [5, 5.41) is 25.7. The van der Waals surface area contributed by atoms with Gasteiger partial charge in [0.1, 0.15) is 18.0 Å². The molecule has 0 spiro atoms. The topological polar surface area (TPSA) is 83.8 Å². The van der Waals surface area contributed by atoms with Crippen LogP contribution >= 0.6 is 0 Å². The van der Waals surface area contributed by atoms with Crippen LogP contribution in [0.4, 0.5) is 0 Å². The second kappa shape index (κ2) is 8.37. The van der Waals surface area contributed by atoms with Gasteiger partial charge in [-0.2, -0.15) is 0 Å². The van der Waals surface area contributed by atoms with E-state index in [1.54, 1.807) is 12.2 Å². The van der Waals surface area contributed by atoms with Crippen LogP contribution in [-0.4, -0.2) is 40.1 Å². The second-order valence-electron chi connectivity index (χ2n) is 12.4. The maximum Gasteiger partial charge on any atom is 0.202 e. The molecule has 2 aromatic carbocycles. The molecule has 4 aliphatic rings. The van der Waals surface area contributed by atoms with E-state index in [2.05, 4.69) is 13.8 Å². The number of benzene rings is 2. The van der Waals surface area contributed by atoms with Crippen molar-refractivity contribution in [1.82, 2.24) is 0 Å². The minimum absolute atomic E-state index is 0.0140. The van der Waals surface area contributed by atoms with E-state index in [-0.39, 0.29) is 47.3 Å². The summed E-state index contributed by atoms with van der Waals surface area (Å²) in [5.74, 6) is 0.745. The number of ether oxygens (including phenoxy) is 1. The lowest BCUT2D eigenvalue weighted by molar-refractivity contribution is -0.179. The molecule has 0 aromatic heterocycles. The first-order valence-corrected chi connectivity index (χ1v) is 13.6. The van der Waals surface area contributed by atoms with Gasteiger partial charge < -0.3 is 14.9 Å². The summed E-state index contributed by atoms with van der Waals surface area (Å²) in [6.07, 6.45) is 7.05. The van der Waals surface area contributed by atoms with Gasteiger partial charge in [-0.15, -0.1) is 0 Å². The van der Waals surface area contributed by atoms with E-state index >= 15 is 0 Å². The van der Waals surface area contributed by atoms with Crippen molar-refractivity contribution in [2.24, 2.45) is 34.5 Å². The SMILES string of the molecule is C[C@H]1CC2C([C@@H](O)CC3(C)C2CC[C@]3(O)C(=O)COc2ccc3ccccc3c2)C2(C)C=CC(=O)C=C12. The van der Waals surface area contributed by atoms with Gasteiger partial charge in [0.05, 0.1) is 6.10 Å². The molecule has 5 heteroatoms. The molecule has 2 N–H and O–H groups in total. The number of aliphatic hydroxyl groups is 2. The largest absolute Gasteiger partial charge is 0.486 e. The molecule has 4 aliphatic carbocycles. The molecule has 8 atom stereocenters. The van der Waals surface area contributed by atoms with Crippen LogP contribution in [0.25, 0.3) is 10.8 Å². The number of Topliss-reactive ketones (excluding diaryl/α,β-unsaturated/α-hetero) is 1. The fraction of sp³-hybridized carbons (Fsp3) is 0.500. The van der Waals surface area contributed by atoms with E-state index in [4.69, 9.17) is 4.74 Å². The Morgan fingerprint density at radius 3 is 2.68 bits per heavy atom. The lowest BCUT2D eigenvalue weighted by Crippen LogP contribution is -2.62. The minimum Gasteiger partial charge on any atom is -0.486 e. The van der Waals surface area contributed by atoms with Crippen molar-refractivity contribution in [3.05, 3.63) is 66.3 Å². The highest BCUT2D eigenvalue weighted by Gasteiger charge is 2.68. The zero-order valence-electron chi connectivity index (χ0n) is 21.8. The highest BCUT2D eigenvalue weighted by molar-refractivity contribution is 6.01. The van der Waals surface area contributed by atoms with Crippen LogP contribution in [0.1, 0.15) is 46.5 Å². The number of rotatable bonds is 4. The number of hydrogen-bond acceptors (Lipinski definition) is 5. The van der Waals surface area contributed by atoms with Crippen molar-refractivity contribution >= 4 is 22.3 Å². The van der Waals surface area contributed by atoms with Crippen molar-refractivity contribution in [3.63, 3.8) is 0 Å². The summed E-state index contributed by atoms with van der Waals surface area (Å²) in [7, 11) is 0. The standard InChI is InChI=1S/C32H36O5/c1-19-14-24-25-11-13-32(36,28(35)18-37-23-9-8-20-6-4-5-7-21(20)15-23)31(25,3)17-27(34)29(24)30(2)12-10-22(33)16-26(19)30/h4-10,12,15-16,19,24-25,27,29,34,36H,11,13-14,17-18H2,1-3H3/t19-,24?,25?,27-,29?,30?,31?,32-/m0/s1. The van der Waals surface area contributed by atoms with Crippen LogP contribution in [0.5, 0.6) is 5.75 Å². The molecule has 194 valence electrons. The Labute approximate surface area is 218 Å². The third kappa shape index (κ3) is 3.50. The summed E-state index contributed by atoms with van der Waals surface area (Å²) < 4.78 is 5.90. The number of aliphatic hydroxyl groups excluding tert-OH is 1. The third-order valence-electron chi connectivity index (χ3n) is 10.5. The molecule has 37 heavy (non-hydrogen) atoms. The van der Waals surface area contributed by atoms with E-state index in [9.17, 15) is 19.8 Å². The van der Waals surface area contributed by atoms with Gasteiger partial charge >= 0.3 is 0 Å². The fourth-order valence-corrected chi connectivity index (χ4v) is 8.74. The van der Waals surface area contributed by atoms with Gasteiger partial charge in [0.2, 0.25) is 5.78 Å². The van der Waals surface area contributed by atoms with Gasteiger partial charge in [0.25, 0.3) is 0 Å². The fourth-order valence-electron chi connectivity index (χ4n) is 8.74. The van der Waals surface area contributed by atoms with Crippen molar-refractivity contribution in [3.8, 4) is 5.75 Å². The van der Waals surface area contributed by atoms with Crippen molar-refractivity contribution in [2.45, 2.75) is 58.2 Å². The Hall–Kier alpha value is -2.76. The monoisotopic (exact) mass is 500 g/mol. The van der Waals surface area contributed by atoms with Crippen LogP contribution in [-0.2, 0) is 9.59 Å². The van der Waals surface area contributed by atoms with Gasteiger partial charge in [0, 0.05) is 16.7 Å². The smallest absolute Gasteiger partial charge is 0.202 e. The molecule has 0 aliphatic heterocycles. The Kier molecular flexibility index (Phi) is 5.56. The van der Waals surface area contributed by atoms with Crippen molar-refractivity contribution in [1.29, 1.82) is 0 Å². The second-order valence-corrected chi connectivity index (χ2v) is 12.4. The number of carbonyl (C=O) groups is 2. The maximum atomic E-state index is 13.6. The van der Waals surface area contributed by atoms with Crippen LogP contribution in [0.3, 0.4) is 0 Å². The van der Waals surface area contributed by atoms with E-state index < -0.39 is 17.1 Å². The number of allylic oxidation sites excluding steroid dienone is 4. The van der Waals surface area contributed by atoms with Gasteiger partial charge in [0.15, 0.2) is 5.78 Å². The lowest BCUT2D eigenvalue weighted by atomic mass is 9.45. The first-order valence-electron chi connectivity index (χ1n) is 13.6. The van der Waals surface area contributed by atoms with Crippen LogP contribution in [0.2, 0.25) is 0 Å². The Bertz CT molecular complexity index is 1340. The zero-order valence-corrected chi connectivity index (χ0v) is 21.8. The molecule has 0 saturated heterocycles. The summed E-state index contributed by atoms with van der Waals surface area (Å²) in [6, 6.07) is 13.7. The molecule has 0 amide bonds. The number of carbonyl (C=O) groups excluding carboxylic acids is 2. The molecular formula is C32H36O5. The van der Waals surface area contributed by atoms with Crippen LogP contribution in [0, 0.1) is 34.5 Å². The van der Waals surface area contributed by atoms with Crippen LogP contribution in [0.15, 0.2) is 66.3 Å². The molecule has 0 bridgehead atoms. The molecular weight excluding hydrogens is 464 g/mol. The average Bonchev–Trinajstić information content (AvgIpc) is 3.14. The highest BCUT2D eigenvalue weighted by atomic mass is 16.5. The molecule has 3 saturated carbocycles. The van der Waals surface area contributed by atoms with E-state index in [0.29, 0.717) is 18.6 Å². The number of fused-ring (bicyclic) bond motifs is 6. The summed E-state index contributed by atoms with van der Waals surface area (Å²) in [5.41, 5.74) is -1.56. The summed E-state index contributed by atoms with van der Waals surface area (Å²) >= 11 is 0. The summed E-state index contributed by atoms with van der Waals surface area (Å²) in [4.78, 5) is 25.8. The van der Waals surface area contributed by atoms with Crippen LogP contribution < -0.4 is 4.74 Å². The number of hydrogen-bond donors (Lipinski definition) is 2. The van der Waals surface area contributed by atoms with Crippen molar-refractivity contribution in [2.75, 3.05) is 6.61 Å². The lowest BCUT2D eigenvalue weighted by Gasteiger charge is -2.60. The maximum absolute atomic E-state index is 13.6. The highest BCUT2D eigenvalue weighted by Crippen LogP contribution is 2.67. The van der Waals surface area contributed by atoms with E-state index in [1.165, 1.54) is 0 Å². The molecule has 5 nitrogen and oxygen atoms in total. The third-order valence-corrected chi connectivity index (χ3v) is 10.5. The molecule has 3 fully saturated rings. The van der Waals surface area contributed by atoms with Gasteiger partial charge in [-0.25, -0.2) is 0 Å². The molecule has 0 radical (unpaired) electrons. The van der Waals surface area contributed by atoms with Gasteiger partial charge in [-0.05, 0) is 78.5 Å². The predicted octanol–water partition coefficient (Wildman–Crippen LogP) is 5.04. The normalized spacial score (nSPS) is 40.5. The van der Waals surface area contributed by atoms with Gasteiger partial charge in [-0.1, -0.05) is 62.8 Å². The van der Waals surface area contributed by atoms with E-state index in [0.717, 1.165) is 29.2 Å². The predicted molar refractivity (Wildman–Crippen MR) is 142 cm³/mol. The molecule has 5 unspecified atom stereocenters. The molecule has 0 heterocycles. The Balaban J connectivity index is 1.26. The average molecular weight is 501 g/mol. The molecule has 2 aromatic rings. The van der Waals surface area contributed by atoms with Gasteiger partial charge in [-0.3, -0.25) is 9.59 Å². The zero-order chi connectivity index (χ0) is 26.2. The molecule has 6 rings (SSSR count). The quantitative estimate of drug-likeness (QED) is 0.614. The Morgan fingerprint density at radius 1 is 1.14 bits per heavy atom. The Morgan fingerprint density at radius 2 is 1.89 bits per heavy atom. The first-order chi connectivity index (χ1) is 17.6. The minimum atomic E-state index is -1.54. The number of ketones is 2. The first kappa shape index (κ1) is 24.6. The summed E-state index contributed by atoms with van der Waals surface area (Å²) in [6.45, 7) is 6.10. The van der Waals surface area contributed by atoms with Crippen molar-refractivity contribution < 1.29 is 24.5 Å².